The Bertz CT molecular complexity index is 379. The Morgan fingerprint density at radius 1 is 1.17 bits per heavy atom. The fraction of sp³-hybridized carbons (Fsp3) is 0.600. The Morgan fingerprint density at radius 3 is 2.44 bits per heavy atom. The third kappa shape index (κ3) is 4.22. The van der Waals surface area contributed by atoms with Gasteiger partial charge < -0.3 is 15.5 Å². The van der Waals surface area contributed by atoms with Crippen LogP contribution in [0.2, 0.25) is 0 Å². The van der Waals surface area contributed by atoms with Gasteiger partial charge in [-0.3, -0.25) is 0 Å². The first-order valence-electron chi connectivity index (χ1n) is 6.72. The monoisotopic (exact) mass is 251 g/mol. The Balaban J connectivity index is 2.64. The average molecular weight is 251 g/mol. The van der Waals surface area contributed by atoms with Crippen LogP contribution in [0.3, 0.4) is 0 Å². The Kier molecular flexibility index (Phi) is 5.48. The Hall–Kier alpha value is -1.22. The molecule has 0 aromatic heterocycles. The molecular weight excluding hydrogens is 226 g/mol. The molecule has 3 unspecified atom stereocenters. The Morgan fingerprint density at radius 2 is 1.83 bits per heavy atom. The summed E-state index contributed by atoms with van der Waals surface area (Å²) < 4.78 is 0. The van der Waals surface area contributed by atoms with Crippen molar-refractivity contribution < 1.29 is 10.2 Å². The third-order valence-corrected chi connectivity index (χ3v) is 3.46. The maximum Gasteiger partial charge on any atom is 0.120 e. The summed E-state index contributed by atoms with van der Waals surface area (Å²) >= 11 is 0. The molecule has 0 heterocycles. The highest BCUT2D eigenvalue weighted by Gasteiger charge is 2.15. The van der Waals surface area contributed by atoms with E-state index in [4.69, 9.17) is 0 Å². The first-order chi connectivity index (χ1) is 8.43. The van der Waals surface area contributed by atoms with Gasteiger partial charge in [-0.05, 0) is 44.4 Å². The van der Waals surface area contributed by atoms with Gasteiger partial charge in [0.05, 0.1) is 0 Å². The fourth-order valence-electron chi connectivity index (χ4n) is 2.24. The molecule has 0 aliphatic carbocycles. The summed E-state index contributed by atoms with van der Waals surface area (Å²) in [6, 6.07) is 5.05. The van der Waals surface area contributed by atoms with Crippen LogP contribution in [0.25, 0.3) is 0 Å². The van der Waals surface area contributed by atoms with Gasteiger partial charge in [-0.1, -0.05) is 20.3 Å². The molecule has 3 nitrogen and oxygen atoms in total. The van der Waals surface area contributed by atoms with E-state index in [2.05, 4.69) is 26.1 Å². The van der Waals surface area contributed by atoms with Crippen LogP contribution in [0, 0.1) is 5.92 Å². The molecule has 1 aromatic rings. The van der Waals surface area contributed by atoms with Crippen LogP contribution in [0.1, 0.15) is 52.1 Å². The lowest BCUT2D eigenvalue weighted by Crippen LogP contribution is -2.30. The molecule has 0 saturated carbocycles. The molecule has 0 fully saturated rings. The molecule has 18 heavy (non-hydrogen) atoms. The largest absolute Gasteiger partial charge is 0.508 e. The highest BCUT2D eigenvalue weighted by Crippen LogP contribution is 2.28. The van der Waals surface area contributed by atoms with Crippen molar-refractivity contribution in [2.75, 3.05) is 0 Å². The van der Waals surface area contributed by atoms with Crippen molar-refractivity contribution in [2.45, 2.75) is 52.6 Å². The molecular formula is C15H25NO2. The summed E-state index contributed by atoms with van der Waals surface area (Å²) in [6.45, 7) is 8.60. The predicted octanol–water partition coefficient (Wildman–Crippen LogP) is 3.57. The number of nitrogens with one attached hydrogen (secondary N) is 1. The third-order valence-electron chi connectivity index (χ3n) is 3.46. The highest BCUT2D eigenvalue weighted by atomic mass is 16.3. The summed E-state index contributed by atoms with van der Waals surface area (Å²) in [5, 5.41) is 22.7. The first-order valence-corrected chi connectivity index (χ1v) is 6.72. The summed E-state index contributed by atoms with van der Waals surface area (Å²) in [5.74, 6) is 1.10. The molecule has 0 amide bonds. The van der Waals surface area contributed by atoms with E-state index >= 15 is 0 Å². The average Bonchev–Trinajstić information content (AvgIpc) is 2.31. The number of benzene rings is 1. The minimum atomic E-state index is 0.0242. The summed E-state index contributed by atoms with van der Waals surface area (Å²) in [4.78, 5) is 0. The van der Waals surface area contributed by atoms with E-state index < -0.39 is 0 Å². The SMILES string of the molecule is CCC(C)CC(C)NC(C)c1cc(O)ccc1O. The Labute approximate surface area is 110 Å². The second-order valence-electron chi connectivity index (χ2n) is 5.28. The molecule has 1 rings (SSSR count). The lowest BCUT2D eigenvalue weighted by Gasteiger charge is -2.23. The lowest BCUT2D eigenvalue weighted by atomic mass is 9.98. The van der Waals surface area contributed by atoms with Crippen LogP contribution in [-0.2, 0) is 0 Å². The van der Waals surface area contributed by atoms with Crippen LogP contribution in [0.4, 0.5) is 0 Å². The van der Waals surface area contributed by atoms with Gasteiger partial charge >= 0.3 is 0 Å². The number of hydrogen-bond donors (Lipinski definition) is 3. The normalized spacial score (nSPS) is 16.2. The van der Waals surface area contributed by atoms with Crippen LogP contribution in [0.5, 0.6) is 11.5 Å². The molecule has 0 bridgehead atoms. The zero-order chi connectivity index (χ0) is 13.7. The minimum absolute atomic E-state index is 0.0242. The van der Waals surface area contributed by atoms with Crippen molar-refractivity contribution in [3.63, 3.8) is 0 Å². The molecule has 0 radical (unpaired) electrons. The smallest absolute Gasteiger partial charge is 0.120 e. The van der Waals surface area contributed by atoms with Crippen LogP contribution in [-0.4, -0.2) is 16.3 Å². The van der Waals surface area contributed by atoms with E-state index in [1.807, 2.05) is 6.92 Å². The van der Waals surface area contributed by atoms with Crippen molar-refractivity contribution in [1.29, 1.82) is 0 Å². The summed E-state index contributed by atoms with van der Waals surface area (Å²) in [7, 11) is 0. The van der Waals surface area contributed by atoms with E-state index in [1.165, 1.54) is 18.6 Å². The second kappa shape index (κ2) is 6.64. The van der Waals surface area contributed by atoms with Crippen LogP contribution < -0.4 is 5.32 Å². The molecule has 3 heteroatoms. The highest BCUT2D eigenvalue weighted by molar-refractivity contribution is 5.40. The second-order valence-corrected chi connectivity index (χ2v) is 5.28. The number of hydrogen-bond acceptors (Lipinski definition) is 3. The topological polar surface area (TPSA) is 52.5 Å². The predicted molar refractivity (Wildman–Crippen MR) is 74.9 cm³/mol. The number of phenols is 2. The van der Waals surface area contributed by atoms with Gasteiger partial charge in [0.1, 0.15) is 11.5 Å². The van der Waals surface area contributed by atoms with Crippen molar-refractivity contribution >= 4 is 0 Å². The van der Waals surface area contributed by atoms with Crippen molar-refractivity contribution in [2.24, 2.45) is 5.92 Å². The number of aromatic hydroxyl groups is 2. The van der Waals surface area contributed by atoms with Crippen molar-refractivity contribution in [1.82, 2.24) is 5.32 Å². The quantitative estimate of drug-likeness (QED) is 0.677. The van der Waals surface area contributed by atoms with E-state index in [-0.39, 0.29) is 17.5 Å². The summed E-state index contributed by atoms with van der Waals surface area (Å²) in [5.41, 5.74) is 0.742. The molecule has 0 aliphatic heterocycles. The van der Waals surface area contributed by atoms with Gasteiger partial charge in [-0.25, -0.2) is 0 Å². The van der Waals surface area contributed by atoms with Crippen molar-refractivity contribution in [3.05, 3.63) is 23.8 Å². The van der Waals surface area contributed by atoms with Crippen LogP contribution >= 0.6 is 0 Å². The standard InChI is InChI=1S/C15H25NO2/c1-5-10(2)8-11(3)16-12(4)14-9-13(17)6-7-15(14)18/h6-7,9-12,16-18H,5,8H2,1-4H3. The molecule has 0 saturated heterocycles. The summed E-state index contributed by atoms with van der Waals surface area (Å²) in [6.07, 6.45) is 2.29. The first kappa shape index (κ1) is 14.8. The van der Waals surface area contributed by atoms with Crippen LogP contribution in [0.15, 0.2) is 18.2 Å². The van der Waals surface area contributed by atoms with E-state index in [1.54, 1.807) is 6.07 Å². The lowest BCUT2D eigenvalue weighted by molar-refractivity contribution is 0.376. The maximum atomic E-state index is 9.80. The molecule has 0 spiro atoms. The zero-order valence-corrected chi connectivity index (χ0v) is 11.8. The van der Waals surface area contributed by atoms with Gasteiger partial charge in [0.25, 0.3) is 0 Å². The molecule has 102 valence electrons. The van der Waals surface area contributed by atoms with E-state index in [0.29, 0.717) is 12.0 Å². The van der Waals surface area contributed by atoms with E-state index in [9.17, 15) is 10.2 Å². The fourth-order valence-corrected chi connectivity index (χ4v) is 2.24. The number of rotatable bonds is 6. The van der Waals surface area contributed by atoms with Gasteiger partial charge in [-0.2, -0.15) is 0 Å². The van der Waals surface area contributed by atoms with E-state index in [0.717, 1.165) is 12.0 Å². The van der Waals surface area contributed by atoms with Gasteiger partial charge in [0, 0.05) is 17.6 Å². The van der Waals surface area contributed by atoms with Gasteiger partial charge in [0.2, 0.25) is 0 Å². The molecule has 0 aliphatic rings. The molecule has 3 atom stereocenters. The maximum absolute atomic E-state index is 9.80. The molecule has 3 N–H and O–H groups in total. The zero-order valence-electron chi connectivity index (χ0n) is 11.8. The van der Waals surface area contributed by atoms with Gasteiger partial charge in [0.15, 0.2) is 0 Å². The van der Waals surface area contributed by atoms with Gasteiger partial charge in [-0.15, -0.1) is 0 Å². The minimum Gasteiger partial charge on any atom is -0.508 e. The van der Waals surface area contributed by atoms with Crippen molar-refractivity contribution in [3.8, 4) is 11.5 Å². The molecule has 1 aromatic carbocycles. The number of phenolic OH excluding ortho intramolecular Hbond substituents is 2.